The van der Waals surface area contributed by atoms with E-state index in [1.54, 1.807) is 18.1 Å². The highest BCUT2D eigenvalue weighted by molar-refractivity contribution is 5.28. The molecule has 2 aromatic rings. The Bertz CT molecular complexity index is 564. The highest BCUT2D eigenvalue weighted by Gasteiger charge is 2.34. The first-order chi connectivity index (χ1) is 10.3. The van der Waals surface area contributed by atoms with Crippen molar-refractivity contribution in [1.29, 1.82) is 0 Å². The van der Waals surface area contributed by atoms with Crippen LogP contribution in [0.5, 0.6) is 0 Å². The molecule has 0 amide bonds. The number of para-hydroxylation sites is 1. The summed E-state index contributed by atoms with van der Waals surface area (Å²) in [5, 5.41) is 12.1. The zero-order chi connectivity index (χ0) is 14.5. The molecule has 1 aliphatic heterocycles. The fraction of sp³-hybridized carbons (Fsp3) is 0.467. The normalized spacial score (nSPS) is 21.8. The summed E-state index contributed by atoms with van der Waals surface area (Å²) >= 11 is 0. The average Bonchev–Trinajstić information content (AvgIpc) is 3.18. The van der Waals surface area contributed by atoms with Gasteiger partial charge in [-0.05, 0) is 12.1 Å². The fourth-order valence-electron chi connectivity index (χ4n) is 2.44. The second-order valence-electron chi connectivity index (χ2n) is 5.25. The molecule has 0 aliphatic carbocycles. The van der Waals surface area contributed by atoms with Crippen LogP contribution in [0.2, 0.25) is 0 Å². The Kier molecular flexibility index (Phi) is 4.28. The fourth-order valence-corrected chi connectivity index (χ4v) is 2.44. The van der Waals surface area contributed by atoms with Crippen LogP contribution in [0.25, 0.3) is 5.69 Å². The number of nitrogens with zero attached hydrogens (tertiary/aromatic N) is 3. The first-order valence-electron chi connectivity index (χ1n) is 7.12. The van der Waals surface area contributed by atoms with E-state index in [9.17, 15) is 0 Å². The van der Waals surface area contributed by atoms with Gasteiger partial charge in [0, 0.05) is 33.2 Å². The Morgan fingerprint density at radius 2 is 2.24 bits per heavy atom. The lowest BCUT2D eigenvalue weighted by Gasteiger charge is -2.25. The molecule has 1 aromatic heterocycles. The number of nitrogens with one attached hydrogen (secondary N) is 1. The third-order valence-corrected chi connectivity index (χ3v) is 3.78. The highest BCUT2D eigenvalue weighted by atomic mass is 16.5. The van der Waals surface area contributed by atoms with Crippen LogP contribution in [-0.2, 0) is 16.0 Å². The van der Waals surface area contributed by atoms with Gasteiger partial charge in [-0.25, -0.2) is 0 Å². The molecule has 0 radical (unpaired) electrons. The van der Waals surface area contributed by atoms with Crippen LogP contribution in [0, 0.1) is 0 Å². The lowest BCUT2D eigenvalue weighted by molar-refractivity contribution is -0.0159. The molecular weight excluding hydrogens is 268 g/mol. The summed E-state index contributed by atoms with van der Waals surface area (Å²) < 4.78 is 11.0. The molecule has 21 heavy (non-hydrogen) atoms. The van der Waals surface area contributed by atoms with Gasteiger partial charge in [0.2, 0.25) is 0 Å². The Balaban J connectivity index is 1.56. The van der Waals surface area contributed by atoms with Crippen molar-refractivity contribution in [2.45, 2.75) is 18.6 Å². The monoisotopic (exact) mass is 288 g/mol. The van der Waals surface area contributed by atoms with Gasteiger partial charge in [-0.3, -0.25) is 0 Å². The summed E-state index contributed by atoms with van der Waals surface area (Å²) in [5.41, 5.74) is 1.67. The van der Waals surface area contributed by atoms with E-state index < -0.39 is 0 Å². The average molecular weight is 288 g/mol. The zero-order valence-electron chi connectivity index (χ0n) is 12.2. The van der Waals surface area contributed by atoms with Gasteiger partial charge in [0.25, 0.3) is 0 Å². The van der Waals surface area contributed by atoms with Crippen molar-refractivity contribution in [3.8, 4) is 5.69 Å². The van der Waals surface area contributed by atoms with E-state index in [2.05, 4.69) is 15.5 Å². The number of hydrogen-bond donors (Lipinski definition) is 1. The van der Waals surface area contributed by atoms with Gasteiger partial charge >= 0.3 is 0 Å². The summed E-state index contributed by atoms with van der Waals surface area (Å²) in [4.78, 5) is 1.64. The number of hydrogen-bond acceptors (Lipinski definition) is 5. The molecular formula is C15H20N4O2. The first-order valence-corrected chi connectivity index (χ1v) is 7.12. The van der Waals surface area contributed by atoms with Crippen LogP contribution in [0.3, 0.4) is 0 Å². The maximum atomic E-state index is 5.58. The second-order valence-corrected chi connectivity index (χ2v) is 5.25. The summed E-state index contributed by atoms with van der Waals surface area (Å²) in [5.74, 6) is 0. The van der Waals surface area contributed by atoms with Gasteiger partial charge in [-0.2, -0.15) is 15.0 Å². The van der Waals surface area contributed by atoms with E-state index in [-0.39, 0.29) is 5.60 Å². The van der Waals surface area contributed by atoms with E-state index in [0.29, 0.717) is 13.2 Å². The summed E-state index contributed by atoms with van der Waals surface area (Å²) in [7, 11) is 1.74. The van der Waals surface area contributed by atoms with E-state index in [0.717, 1.165) is 31.0 Å². The molecule has 0 bridgehead atoms. The molecule has 0 saturated carbocycles. The van der Waals surface area contributed by atoms with Gasteiger partial charge in [0.05, 0.1) is 24.2 Å². The molecule has 1 fully saturated rings. The van der Waals surface area contributed by atoms with Crippen LogP contribution in [0.1, 0.15) is 12.1 Å². The molecule has 112 valence electrons. The van der Waals surface area contributed by atoms with Crippen molar-refractivity contribution >= 4 is 0 Å². The number of aromatic nitrogens is 3. The van der Waals surface area contributed by atoms with Crippen molar-refractivity contribution in [3.05, 3.63) is 42.2 Å². The van der Waals surface area contributed by atoms with Crippen LogP contribution in [0.4, 0.5) is 0 Å². The Morgan fingerprint density at radius 3 is 2.95 bits per heavy atom. The smallest absolute Gasteiger partial charge is 0.106 e. The van der Waals surface area contributed by atoms with Crippen LogP contribution in [-0.4, -0.2) is 47.5 Å². The van der Waals surface area contributed by atoms with Gasteiger partial charge in [0.1, 0.15) is 5.60 Å². The zero-order valence-corrected chi connectivity index (χ0v) is 12.2. The minimum Gasteiger partial charge on any atom is -0.378 e. The molecule has 1 unspecified atom stereocenters. The van der Waals surface area contributed by atoms with Crippen LogP contribution >= 0.6 is 0 Å². The lowest BCUT2D eigenvalue weighted by Crippen LogP contribution is -2.42. The third-order valence-electron chi connectivity index (χ3n) is 3.78. The maximum absolute atomic E-state index is 5.58. The summed E-state index contributed by atoms with van der Waals surface area (Å²) in [6.07, 6.45) is 2.71. The van der Waals surface area contributed by atoms with Gasteiger partial charge < -0.3 is 14.8 Å². The Labute approximate surface area is 124 Å². The van der Waals surface area contributed by atoms with Gasteiger partial charge in [-0.15, -0.1) is 0 Å². The molecule has 2 heterocycles. The predicted molar refractivity (Wildman–Crippen MR) is 78.2 cm³/mol. The number of methoxy groups -OCH3 is 1. The highest BCUT2D eigenvalue weighted by Crippen LogP contribution is 2.21. The molecule has 1 N–H and O–H groups in total. The van der Waals surface area contributed by atoms with Crippen molar-refractivity contribution in [3.63, 3.8) is 0 Å². The molecule has 0 spiro atoms. The largest absolute Gasteiger partial charge is 0.378 e. The molecule has 1 aromatic carbocycles. The standard InChI is InChI=1S/C15H20N4O2/c1-20-15(7-8-21-12-15)11-16-9-13-10-17-19(18-13)14-5-3-2-4-6-14/h2-6,10,16H,7-9,11-12H2,1H3. The van der Waals surface area contributed by atoms with Crippen molar-refractivity contribution in [1.82, 2.24) is 20.3 Å². The molecule has 1 atom stereocenters. The van der Waals surface area contributed by atoms with Crippen molar-refractivity contribution < 1.29 is 9.47 Å². The minimum absolute atomic E-state index is 0.199. The molecule has 1 aliphatic rings. The maximum Gasteiger partial charge on any atom is 0.106 e. The molecule has 1 saturated heterocycles. The quantitative estimate of drug-likeness (QED) is 0.864. The summed E-state index contributed by atoms with van der Waals surface area (Å²) in [6, 6.07) is 9.88. The van der Waals surface area contributed by atoms with E-state index >= 15 is 0 Å². The minimum atomic E-state index is -0.199. The third kappa shape index (κ3) is 3.29. The molecule has 6 nitrogen and oxygen atoms in total. The lowest BCUT2D eigenvalue weighted by atomic mass is 10.0. The van der Waals surface area contributed by atoms with Gasteiger partial charge in [0.15, 0.2) is 0 Å². The van der Waals surface area contributed by atoms with Crippen LogP contribution < -0.4 is 5.32 Å². The van der Waals surface area contributed by atoms with E-state index in [1.807, 2.05) is 30.3 Å². The topological polar surface area (TPSA) is 61.2 Å². The number of benzene rings is 1. The van der Waals surface area contributed by atoms with E-state index in [4.69, 9.17) is 9.47 Å². The van der Waals surface area contributed by atoms with Gasteiger partial charge in [-0.1, -0.05) is 18.2 Å². The first kappa shape index (κ1) is 14.2. The summed E-state index contributed by atoms with van der Waals surface area (Å²) in [6.45, 7) is 2.83. The Hall–Kier alpha value is -1.76. The second kappa shape index (κ2) is 6.34. The van der Waals surface area contributed by atoms with E-state index in [1.165, 1.54) is 0 Å². The van der Waals surface area contributed by atoms with Crippen LogP contribution in [0.15, 0.2) is 36.5 Å². The number of ether oxygens (including phenoxy) is 2. The van der Waals surface area contributed by atoms with Crippen molar-refractivity contribution in [2.24, 2.45) is 0 Å². The molecule has 3 rings (SSSR count). The number of rotatable bonds is 6. The molecule has 6 heteroatoms. The SMILES string of the molecule is COC1(CNCc2cnn(-c3ccccc3)n2)CCOC1. The van der Waals surface area contributed by atoms with Crippen molar-refractivity contribution in [2.75, 3.05) is 26.9 Å². The predicted octanol–water partition coefficient (Wildman–Crippen LogP) is 1.16. The Morgan fingerprint density at radius 1 is 1.38 bits per heavy atom.